The number of aromatic amines is 1. The third-order valence-electron chi connectivity index (χ3n) is 2.56. The minimum Gasteiger partial charge on any atom is -0.396 e. The Hall–Kier alpha value is -1.61. The van der Waals surface area contributed by atoms with Crippen molar-refractivity contribution in [3.8, 4) is 11.3 Å². The van der Waals surface area contributed by atoms with E-state index in [9.17, 15) is 0 Å². The first kappa shape index (κ1) is 10.9. The van der Waals surface area contributed by atoms with Crippen LogP contribution in [0.1, 0.15) is 17.8 Å². The summed E-state index contributed by atoms with van der Waals surface area (Å²) < 4.78 is 0. The number of imidazole rings is 1. The first-order valence-electron chi connectivity index (χ1n) is 5.51. The smallest absolute Gasteiger partial charge is 0.106 e. The molecule has 0 unspecified atom stereocenters. The summed E-state index contributed by atoms with van der Waals surface area (Å²) in [5.41, 5.74) is 3.44. The lowest BCUT2D eigenvalue weighted by atomic mass is 10.1. The first-order valence-corrected chi connectivity index (χ1v) is 5.51. The number of aliphatic hydroxyl groups is 1. The molecule has 2 rings (SSSR count). The number of nitrogens with one attached hydrogen (secondary N) is 1. The predicted octanol–water partition coefficient (Wildman–Crippen LogP) is 2.31. The minimum atomic E-state index is 0.209. The second-order valence-electron chi connectivity index (χ2n) is 3.94. The van der Waals surface area contributed by atoms with Crippen LogP contribution in [0.4, 0.5) is 0 Å². The van der Waals surface area contributed by atoms with Gasteiger partial charge in [0.25, 0.3) is 0 Å². The molecule has 1 aromatic heterocycles. The molecule has 0 saturated heterocycles. The van der Waals surface area contributed by atoms with Crippen molar-refractivity contribution in [2.75, 3.05) is 6.61 Å². The molecule has 16 heavy (non-hydrogen) atoms. The second kappa shape index (κ2) is 4.94. The molecular weight excluding hydrogens is 200 g/mol. The molecule has 0 bridgehead atoms. The molecule has 0 aliphatic carbocycles. The number of rotatable bonds is 4. The molecule has 2 aromatic rings. The fourth-order valence-electron chi connectivity index (χ4n) is 1.62. The summed E-state index contributed by atoms with van der Waals surface area (Å²) in [4.78, 5) is 7.55. The monoisotopic (exact) mass is 216 g/mol. The highest BCUT2D eigenvalue weighted by molar-refractivity contribution is 5.58. The van der Waals surface area contributed by atoms with Gasteiger partial charge in [-0.15, -0.1) is 0 Å². The molecule has 1 heterocycles. The summed E-state index contributed by atoms with van der Waals surface area (Å²) in [6, 6.07) is 8.34. The molecular formula is C13H16N2O. The molecule has 2 N–H and O–H groups in total. The number of H-pyrrole nitrogens is 1. The lowest BCUT2D eigenvalue weighted by Gasteiger charge is -1.98. The van der Waals surface area contributed by atoms with Gasteiger partial charge in [0.2, 0.25) is 0 Å². The van der Waals surface area contributed by atoms with E-state index >= 15 is 0 Å². The van der Waals surface area contributed by atoms with Gasteiger partial charge in [-0.3, -0.25) is 0 Å². The van der Waals surface area contributed by atoms with Crippen molar-refractivity contribution in [1.82, 2.24) is 9.97 Å². The SMILES string of the molecule is Cc1ccc(-c2cnc(CCCO)[nH]2)cc1. The van der Waals surface area contributed by atoms with Gasteiger partial charge in [0.15, 0.2) is 0 Å². The predicted molar refractivity (Wildman–Crippen MR) is 64.2 cm³/mol. The Bertz CT molecular complexity index is 445. The molecule has 0 spiro atoms. The zero-order valence-electron chi connectivity index (χ0n) is 9.40. The Balaban J connectivity index is 2.15. The normalized spacial score (nSPS) is 10.6. The number of hydrogen-bond donors (Lipinski definition) is 2. The van der Waals surface area contributed by atoms with Crippen LogP contribution in [0.15, 0.2) is 30.5 Å². The number of benzene rings is 1. The maximum atomic E-state index is 8.74. The molecule has 0 radical (unpaired) electrons. The Morgan fingerprint density at radius 3 is 2.69 bits per heavy atom. The Kier molecular flexibility index (Phi) is 3.37. The van der Waals surface area contributed by atoms with Gasteiger partial charge in [-0.1, -0.05) is 29.8 Å². The van der Waals surface area contributed by atoms with Gasteiger partial charge in [-0.25, -0.2) is 4.98 Å². The van der Waals surface area contributed by atoms with Crippen LogP contribution in [0.25, 0.3) is 11.3 Å². The van der Waals surface area contributed by atoms with Gasteiger partial charge in [0.05, 0.1) is 11.9 Å². The first-order chi connectivity index (χ1) is 7.79. The highest BCUT2D eigenvalue weighted by Gasteiger charge is 2.02. The van der Waals surface area contributed by atoms with Crippen molar-refractivity contribution in [2.24, 2.45) is 0 Å². The maximum Gasteiger partial charge on any atom is 0.106 e. The van der Waals surface area contributed by atoms with Crippen molar-refractivity contribution in [3.05, 3.63) is 41.9 Å². The molecule has 0 amide bonds. The van der Waals surface area contributed by atoms with Crippen LogP contribution in [0.2, 0.25) is 0 Å². The van der Waals surface area contributed by atoms with Crippen LogP contribution in [-0.4, -0.2) is 21.7 Å². The number of aromatic nitrogens is 2. The van der Waals surface area contributed by atoms with Gasteiger partial charge in [0, 0.05) is 13.0 Å². The summed E-state index contributed by atoms with van der Waals surface area (Å²) in [6.07, 6.45) is 3.39. The maximum absolute atomic E-state index is 8.74. The average Bonchev–Trinajstić information content (AvgIpc) is 2.76. The van der Waals surface area contributed by atoms with Crippen LogP contribution in [0, 0.1) is 6.92 Å². The Labute approximate surface area is 95.2 Å². The highest BCUT2D eigenvalue weighted by Crippen LogP contribution is 2.17. The molecule has 0 aliphatic rings. The van der Waals surface area contributed by atoms with Crippen molar-refractivity contribution in [2.45, 2.75) is 19.8 Å². The molecule has 1 aromatic carbocycles. The molecule has 3 heteroatoms. The van der Waals surface area contributed by atoms with Crippen LogP contribution >= 0.6 is 0 Å². The lowest BCUT2D eigenvalue weighted by molar-refractivity contribution is 0.287. The van der Waals surface area contributed by atoms with Crippen LogP contribution in [0.3, 0.4) is 0 Å². The number of aryl methyl sites for hydroxylation is 2. The molecule has 84 valence electrons. The van der Waals surface area contributed by atoms with Crippen molar-refractivity contribution >= 4 is 0 Å². The van der Waals surface area contributed by atoms with E-state index in [-0.39, 0.29) is 6.61 Å². The van der Waals surface area contributed by atoms with E-state index in [4.69, 9.17) is 5.11 Å². The Morgan fingerprint density at radius 1 is 1.25 bits per heavy atom. The summed E-state index contributed by atoms with van der Waals surface area (Å²) in [7, 11) is 0. The minimum absolute atomic E-state index is 0.209. The standard InChI is InChI=1S/C13H16N2O/c1-10-4-6-11(7-5-10)12-9-14-13(15-12)3-2-8-16/h4-7,9,16H,2-3,8H2,1H3,(H,14,15). The fraction of sp³-hybridized carbons (Fsp3) is 0.308. The van der Waals surface area contributed by atoms with Crippen LogP contribution < -0.4 is 0 Å². The average molecular weight is 216 g/mol. The third-order valence-corrected chi connectivity index (χ3v) is 2.56. The van der Waals surface area contributed by atoms with E-state index in [0.29, 0.717) is 0 Å². The quantitative estimate of drug-likeness (QED) is 0.824. The largest absolute Gasteiger partial charge is 0.396 e. The highest BCUT2D eigenvalue weighted by atomic mass is 16.2. The molecule has 0 saturated carbocycles. The second-order valence-corrected chi connectivity index (χ2v) is 3.94. The summed E-state index contributed by atoms with van der Waals surface area (Å²) in [5.74, 6) is 0.935. The number of aliphatic hydroxyl groups excluding tert-OH is 1. The van der Waals surface area contributed by atoms with Crippen molar-refractivity contribution in [3.63, 3.8) is 0 Å². The van der Waals surface area contributed by atoms with Gasteiger partial charge < -0.3 is 10.1 Å². The molecule has 0 atom stereocenters. The van der Waals surface area contributed by atoms with E-state index in [1.165, 1.54) is 5.56 Å². The van der Waals surface area contributed by atoms with Crippen LogP contribution in [0.5, 0.6) is 0 Å². The van der Waals surface area contributed by atoms with E-state index in [1.807, 2.05) is 6.20 Å². The van der Waals surface area contributed by atoms with Gasteiger partial charge in [-0.05, 0) is 18.9 Å². The van der Waals surface area contributed by atoms with Crippen molar-refractivity contribution < 1.29 is 5.11 Å². The van der Waals surface area contributed by atoms with E-state index < -0.39 is 0 Å². The number of nitrogens with zero attached hydrogens (tertiary/aromatic N) is 1. The van der Waals surface area contributed by atoms with Crippen molar-refractivity contribution in [1.29, 1.82) is 0 Å². The van der Waals surface area contributed by atoms with Gasteiger partial charge in [-0.2, -0.15) is 0 Å². The van der Waals surface area contributed by atoms with E-state index in [2.05, 4.69) is 41.2 Å². The third kappa shape index (κ3) is 2.49. The summed E-state index contributed by atoms with van der Waals surface area (Å²) in [5, 5.41) is 8.74. The summed E-state index contributed by atoms with van der Waals surface area (Å²) in [6.45, 7) is 2.28. The molecule has 3 nitrogen and oxygen atoms in total. The molecule has 0 fully saturated rings. The fourth-order valence-corrected chi connectivity index (χ4v) is 1.62. The van der Waals surface area contributed by atoms with Gasteiger partial charge in [0.1, 0.15) is 5.82 Å². The zero-order valence-corrected chi connectivity index (χ0v) is 9.40. The summed E-state index contributed by atoms with van der Waals surface area (Å²) >= 11 is 0. The molecule has 0 aliphatic heterocycles. The van der Waals surface area contributed by atoms with E-state index in [0.717, 1.165) is 29.9 Å². The lowest BCUT2D eigenvalue weighted by Crippen LogP contribution is -1.91. The van der Waals surface area contributed by atoms with E-state index in [1.54, 1.807) is 0 Å². The van der Waals surface area contributed by atoms with Gasteiger partial charge >= 0.3 is 0 Å². The topological polar surface area (TPSA) is 48.9 Å². The number of hydrogen-bond acceptors (Lipinski definition) is 2. The van der Waals surface area contributed by atoms with Crippen LogP contribution in [-0.2, 0) is 6.42 Å². The Morgan fingerprint density at radius 2 is 2.00 bits per heavy atom. The zero-order chi connectivity index (χ0) is 11.4.